The number of halogens is 3. The Labute approximate surface area is 255 Å². The molecule has 2 heterocycles. The first kappa shape index (κ1) is 35.1. The Morgan fingerprint density at radius 2 is 1.48 bits per heavy atom. The first-order valence-electron chi connectivity index (χ1n) is 15.1. The Kier molecular flexibility index (Phi) is 13.2. The fourth-order valence-corrected chi connectivity index (χ4v) is 5.27. The Morgan fingerprint density at radius 1 is 0.909 bits per heavy atom. The van der Waals surface area contributed by atoms with Gasteiger partial charge in [-0.2, -0.15) is 13.2 Å². The van der Waals surface area contributed by atoms with Crippen LogP contribution in [0, 0.1) is 5.92 Å². The molecule has 0 aliphatic heterocycles. The van der Waals surface area contributed by atoms with Gasteiger partial charge >= 0.3 is 17.1 Å². The lowest BCUT2D eigenvalue weighted by molar-refractivity contribution is -0.148. The maximum Gasteiger partial charge on any atom is 0.501 e. The van der Waals surface area contributed by atoms with Crippen molar-refractivity contribution in [1.29, 1.82) is 0 Å². The molecule has 3 aromatic rings. The fraction of sp³-hybridized carbons (Fsp3) is 0.531. The zero-order chi connectivity index (χ0) is 32.2. The highest BCUT2D eigenvalue weighted by Gasteiger charge is 2.46. The molecule has 44 heavy (non-hydrogen) atoms. The van der Waals surface area contributed by atoms with E-state index in [1.807, 2.05) is 13.8 Å². The summed E-state index contributed by atoms with van der Waals surface area (Å²) in [6.45, 7) is 4.85. The number of pyridine rings is 1. The van der Waals surface area contributed by atoms with E-state index < -0.39 is 25.9 Å². The van der Waals surface area contributed by atoms with Crippen molar-refractivity contribution in [3.05, 3.63) is 53.0 Å². The summed E-state index contributed by atoms with van der Waals surface area (Å²) in [5.74, 6) is 0.220. The zero-order valence-electron chi connectivity index (χ0n) is 25.2. The lowest BCUT2D eigenvalue weighted by atomic mass is 10.1. The van der Waals surface area contributed by atoms with E-state index in [-0.39, 0.29) is 28.6 Å². The standard InChI is InChI=1S/C32H40F3NO7S/c1-3-23(2)30(37)42-19-13-11-9-7-5-4-6-8-10-12-18-41-29-21-25-20-27(31(38)43-28(25)22-36-29)24-14-16-26(17-15-24)44(39,40)32(33,34)35/h14-17,20-23H,3-13,18-19H2,1-2H3. The molecule has 1 aromatic carbocycles. The molecule has 12 heteroatoms. The predicted molar refractivity (Wildman–Crippen MR) is 161 cm³/mol. The van der Waals surface area contributed by atoms with Gasteiger partial charge in [-0.1, -0.05) is 77.3 Å². The van der Waals surface area contributed by atoms with Crippen molar-refractivity contribution < 1.29 is 40.3 Å². The number of ether oxygens (including phenoxy) is 2. The average Bonchev–Trinajstić information content (AvgIpc) is 2.99. The summed E-state index contributed by atoms with van der Waals surface area (Å²) in [6, 6.07) is 6.99. The van der Waals surface area contributed by atoms with Crippen LogP contribution in [0.1, 0.15) is 84.5 Å². The normalized spacial score (nSPS) is 12.8. The smallest absolute Gasteiger partial charge is 0.478 e. The number of alkyl halides is 3. The highest BCUT2D eigenvalue weighted by Crippen LogP contribution is 2.31. The minimum atomic E-state index is -5.49. The maximum atomic E-state index is 12.8. The van der Waals surface area contributed by atoms with Crippen molar-refractivity contribution in [2.45, 2.75) is 94.9 Å². The van der Waals surface area contributed by atoms with Crippen LogP contribution in [-0.4, -0.2) is 38.1 Å². The predicted octanol–water partition coefficient (Wildman–Crippen LogP) is 8.02. The minimum absolute atomic E-state index is 0.0249. The lowest BCUT2D eigenvalue weighted by Crippen LogP contribution is -2.23. The number of hydrogen-bond donors (Lipinski definition) is 0. The summed E-state index contributed by atoms with van der Waals surface area (Å²) in [5, 5.41) is 0.503. The number of sulfone groups is 1. The average molecular weight is 640 g/mol. The van der Waals surface area contributed by atoms with Crippen LogP contribution in [0.4, 0.5) is 13.2 Å². The van der Waals surface area contributed by atoms with Crippen LogP contribution in [0.5, 0.6) is 5.88 Å². The zero-order valence-corrected chi connectivity index (χ0v) is 26.0. The molecule has 1 unspecified atom stereocenters. The summed E-state index contributed by atoms with van der Waals surface area (Å²) in [6.07, 6.45) is 13.0. The molecule has 0 bridgehead atoms. The van der Waals surface area contributed by atoms with Crippen LogP contribution in [0.15, 0.2) is 56.7 Å². The number of nitrogens with zero attached hydrogens (tertiary/aromatic N) is 1. The summed E-state index contributed by atoms with van der Waals surface area (Å²) >= 11 is 0. The van der Waals surface area contributed by atoms with Gasteiger partial charge in [-0.3, -0.25) is 4.79 Å². The van der Waals surface area contributed by atoms with E-state index in [2.05, 4.69) is 4.98 Å². The fourth-order valence-electron chi connectivity index (χ4n) is 4.51. The number of carbonyl (C=O) groups excluding carboxylic acids is 1. The highest BCUT2D eigenvalue weighted by atomic mass is 32.2. The number of benzene rings is 1. The monoisotopic (exact) mass is 639 g/mol. The quantitative estimate of drug-likeness (QED) is 0.102. The number of carbonyl (C=O) groups is 1. The molecule has 0 amide bonds. The molecule has 2 aromatic heterocycles. The highest BCUT2D eigenvalue weighted by molar-refractivity contribution is 7.92. The molecule has 0 aliphatic rings. The molecule has 0 saturated heterocycles. The molecule has 0 radical (unpaired) electrons. The van der Waals surface area contributed by atoms with Crippen LogP contribution in [0.2, 0.25) is 0 Å². The van der Waals surface area contributed by atoms with E-state index in [4.69, 9.17) is 13.9 Å². The van der Waals surface area contributed by atoms with Crippen LogP contribution >= 0.6 is 0 Å². The maximum absolute atomic E-state index is 12.8. The second-order valence-corrected chi connectivity index (χ2v) is 12.8. The molecule has 3 rings (SSSR count). The van der Waals surface area contributed by atoms with Gasteiger partial charge in [0.25, 0.3) is 9.84 Å². The first-order valence-corrected chi connectivity index (χ1v) is 16.6. The Morgan fingerprint density at radius 3 is 2.05 bits per heavy atom. The van der Waals surface area contributed by atoms with Crippen molar-refractivity contribution in [3.8, 4) is 17.0 Å². The topological polar surface area (TPSA) is 113 Å². The van der Waals surface area contributed by atoms with E-state index in [1.54, 1.807) is 6.07 Å². The number of aromatic nitrogens is 1. The lowest BCUT2D eigenvalue weighted by Gasteiger charge is -2.09. The first-order chi connectivity index (χ1) is 20.9. The van der Waals surface area contributed by atoms with Gasteiger partial charge < -0.3 is 13.9 Å². The van der Waals surface area contributed by atoms with E-state index in [0.29, 0.717) is 24.5 Å². The van der Waals surface area contributed by atoms with E-state index in [1.165, 1.54) is 31.5 Å². The molecule has 1 atom stereocenters. The Bertz CT molecular complexity index is 1520. The number of esters is 1. The van der Waals surface area contributed by atoms with Gasteiger partial charge in [0.1, 0.15) is 0 Å². The molecule has 0 fully saturated rings. The summed E-state index contributed by atoms with van der Waals surface area (Å²) < 4.78 is 78.0. The van der Waals surface area contributed by atoms with Crippen LogP contribution in [0.25, 0.3) is 22.1 Å². The van der Waals surface area contributed by atoms with Crippen molar-refractivity contribution in [2.75, 3.05) is 13.2 Å². The number of hydrogen-bond acceptors (Lipinski definition) is 8. The second kappa shape index (κ2) is 16.6. The number of rotatable bonds is 18. The van der Waals surface area contributed by atoms with Gasteiger partial charge in [0.15, 0.2) is 5.58 Å². The van der Waals surface area contributed by atoms with Crippen molar-refractivity contribution in [3.63, 3.8) is 0 Å². The van der Waals surface area contributed by atoms with Gasteiger partial charge in [-0.25, -0.2) is 18.2 Å². The molecule has 0 saturated carbocycles. The molecule has 0 spiro atoms. The summed E-state index contributed by atoms with van der Waals surface area (Å²) in [4.78, 5) is 27.4. The van der Waals surface area contributed by atoms with E-state index in [9.17, 15) is 31.2 Å². The van der Waals surface area contributed by atoms with Gasteiger partial charge in [0.2, 0.25) is 5.88 Å². The third-order valence-corrected chi connectivity index (χ3v) is 8.93. The van der Waals surface area contributed by atoms with Gasteiger partial charge in [-0.05, 0) is 43.0 Å². The van der Waals surface area contributed by atoms with Gasteiger partial charge in [-0.15, -0.1) is 0 Å². The van der Waals surface area contributed by atoms with Gasteiger partial charge in [0.05, 0.1) is 35.8 Å². The summed E-state index contributed by atoms with van der Waals surface area (Å²) in [7, 11) is -5.49. The summed E-state index contributed by atoms with van der Waals surface area (Å²) in [5.41, 5.74) is -5.67. The van der Waals surface area contributed by atoms with Crippen molar-refractivity contribution >= 4 is 26.8 Å². The van der Waals surface area contributed by atoms with Crippen LogP contribution < -0.4 is 10.4 Å². The SMILES string of the molecule is CCC(C)C(=O)OCCCCCCCCCCCCOc1cc2cc(-c3ccc(S(=O)(=O)C(F)(F)F)cc3)c(=O)oc2cn1. The second-order valence-electron chi connectivity index (χ2n) is 10.8. The molecule has 8 nitrogen and oxygen atoms in total. The molecule has 0 N–H and O–H groups in total. The van der Waals surface area contributed by atoms with E-state index >= 15 is 0 Å². The number of unbranched alkanes of at least 4 members (excludes halogenated alkanes) is 9. The van der Waals surface area contributed by atoms with Crippen molar-refractivity contribution in [2.24, 2.45) is 5.92 Å². The Hall–Kier alpha value is -3.41. The molecule has 242 valence electrons. The van der Waals surface area contributed by atoms with Crippen LogP contribution in [-0.2, 0) is 19.4 Å². The minimum Gasteiger partial charge on any atom is -0.478 e. The third kappa shape index (κ3) is 10.1. The largest absolute Gasteiger partial charge is 0.501 e. The molecule has 0 aliphatic carbocycles. The Balaban J connectivity index is 1.36. The molecular weight excluding hydrogens is 599 g/mol. The van der Waals surface area contributed by atoms with E-state index in [0.717, 1.165) is 75.6 Å². The number of fused-ring (bicyclic) bond motifs is 1. The third-order valence-electron chi connectivity index (χ3n) is 7.42. The van der Waals surface area contributed by atoms with Crippen LogP contribution in [0.3, 0.4) is 0 Å². The van der Waals surface area contributed by atoms with Crippen molar-refractivity contribution in [1.82, 2.24) is 4.98 Å². The van der Waals surface area contributed by atoms with Gasteiger partial charge in [0, 0.05) is 11.5 Å². The molecular formula is C32H40F3NO7S.